The maximum absolute atomic E-state index is 11.9. The summed E-state index contributed by atoms with van der Waals surface area (Å²) in [7, 11) is 3.46. The lowest BCUT2D eigenvalue weighted by molar-refractivity contribution is -0.127. The van der Waals surface area contributed by atoms with Crippen molar-refractivity contribution in [1.82, 2.24) is 15.5 Å². The van der Waals surface area contributed by atoms with Gasteiger partial charge in [0, 0.05) is 19.1 Å². The van der Waals surface area contributed by atoms with Gasteiger partial charge in [-0.3, -0.25) is 4.79 Å². The molecule has 1 unspecified atom stereocenters. The minimum absolute atomic E-state index is 0.0189. The summed E-state index contributed by atoms with van der Waals surface area (Å²) in [5, 5.41) is 7.13. The second-order valence-corrected chi connectivity index (χ2v) is 6.65. The topological polar surface area (TPSA) is 56.7 Å². The Bertz CT molecular complexity index is 746. The Morgan fingerprint density at radius 1 is 1.15 bits per heavy atom. The molecule has 0 aliphatic heterocycles. The third-order valence-corrected chi connectivity index (χ3v) is 4.10. The van der Waals surface area contributed by atoms with Gasteiger partial charge in [-0.05, 0) is 30.2 Å². The van der Waals surface area contributed by atoms with E-state index in [0.717, 1.165) is 11.1 Å². The van der Waals surface area contributed by atoms with Crippen LogP contribution < -0.4 is 10.6 Å². The van der Waals surface area contributed by atoms with Crippen molar-refractivity contribution in [1.29, 1.82) is 0 Å². The van der Waals surface area contributed by atoms with E-state index in [1.165, 1.54) is 0 Å². The van der Waals surface area contributed by atoms with Crippen LogP contribution in [0.5, 0.6) is 0 Å². The molecule has 2 N–H and O–H groups in total. The minimum atomic E-state index is -0.0189. The molecule has 0 bridgehead atoms. The fourth-order valence-electron chi connectivity index (χ4n) is 2.31. The van der Waals surface area contributed by atoms with Crippen molar-refractivity contribution in [3.8, 4) is 0 Å². The summed E-state index contributed by atoms with van der Waals surface area (Å²) in [4.78, 5) is 18.0. The van der Waals surface area contributed by atoms with E-state index in [1.807, 2.05) is 42.5 Å². The molecule has 0 saturated heterocycles. The highest BCUT2D eigenvalue weighted by molar-refractivity contribution is 6.30. The average molecular weight is 373 g/mol. The molecule has 2 aromatic rings. The van der Waals surface area contributed by atoms with Gasteiger partial charge in [-0.15, -0.1) is 0 Å². The standard InChI is InChI=1S/C20H25ClN4O/c1-15(17-9-5-4-6-10-17)24-20(23-14-19(26)25(2)3)22-13-16-8-7-11-18(21)12-16/h4-12,15H,13-14H2,1-3H3,(H2,22,23,24). The van der Waals surface area contributed by atoms with E-state index in [9.17, 15) is 4.79 Å². The smallest absolute Gasteiger partial charge is 0.241 e. The molecular formula is C20H25ClN4O. The summed E-state index contributed by atoms with van der Waals surface area (Å²) >= 11 is 6.03. The molecule has 0 fully saturated rings. The highest BCUT2D eigenvalue weighted by Crippen LogP contribution is 2.13. The molecule has 5 nitrogen and oxygen atoms in total. The number of benzene rings is 2. The van der Waals surface area contributed by atoms with Crippen LogP contribution >= 0.6 is 11.6 Å². The van der Waals surface area contributed by atoms with Gasteiger partial charge in [0.15, 0.2) is 5.96 Å². The Kier molecular flexibility index (Phi) is 7.48. The molecule has 1 amide bonds. The van der Waals surface area contributed by atoms with Crippen molar-refractivity contribution >= 4 is 23.5 Å². The van der Waals surface area contributed by atoms with Crippen LogP contribution in [0.1, 0.15) is 24.1 Å². The Labute approximate surface area is 160 Å². The number of carbonyl (C=O) groups excluding carboxylic acids is 1. The largest absolute Gasteiger partial charge is 0.350 e. The van der Waals surface area contributed by atoms with Gasteiger partial charge in [-0.25, -0.2) is 4.99 Å². The number of likely N-dealkylation sites (N-methyl/N-ethyl adjacent to an activating group) is 1. The molecule has 138 valence electrons. The zero-order valence-electron chi connectivity index (χ0n) is 15.4. The van der Waals surface area contributed by atoms with E-state index in [2.05, 4.69) is 34.7 Å². The maximum Gasteiger partial charge on any atom is 0.241 e. The van der Waals surface area contributed by atoms with Gasteiger partial charge in [0.05, 0.1) is 19.1 Å². The van der Waals surface area contributed by atoms with Gasteiger partial charge in [0.2, 0.25) is 5.91 Å². The Morgan fingerprint density at radius 2 is 1.88 bits per heavy atom. The third-order valence-electron chi connectivity index (χ3n) is 3.87. The van der Waals surface area contributed by atoms with Gasteiger partial charge in [0.25, 0.3) is 0 Å². The first-order valence-corrected chi connectivity index (χ1v) is 8.88. The summed E-state index contributed by atoms with van der Waals surface area (Å²) in [5.74, 6) is 0.561. The molecule has 0 aliphatic carbocycles. The van der Waals surface area contributed by atoms with E-state index in [0.29, 0.717) is 17.5 Å². The highest BCUT2D eigenvalue weighted by Gasteiger charge is 2.10. The number of carbonyl (C=O) groups is 1. The first-order valence-electron chi connectivity index (χ1n) is 8.50. The molecule has 0 heterocycles. The number of halogens is 1. The van der Waals surface area contributed by atoms with Gasteiger partial charge >= 0.3 is 0 Å². The van der Waals surface area contributed by atoms with Crippen LogP contribution in [-0.4, -0.2) is 37.4 Å². The SMILES string of the molecule is CC(NC(=NCc1cccc(Cl)c1)NCC(=O)N(C)C)c1ccccc1. The van der Waals surface area contributed by atoms with Crippen molar-refractivity contribution in [3.63, 3.8) is 0 Å². The molecule has 0 aromatic heterocycles. The van der Waals surface area contributed by atoms with Gasteiger partial charge in [-0.1, -0.05) is 54.1 Å². The Morgan fingerprint density at radius 3 is 2.54 bits per heavy atom. The van der Waals surface area contributed by atoms with E-state index < -0.39 is 0 Å². The van der Waals surface area contributed by atoms with Gasteiger partial charge in [0.1, 0.15) is 0 Å². The fourth-order valence-corrected chi connectivity index (χ4v) is 2.52. The van der Waals surface area contributed by atoms with Crippen LogP contribution in [0.4, 0.5) is 0 Å². The molecule has 26 heavy (non-hydrogen) atoms. The Hall–Kier alpha value is -2.53. The second-order valence-electron chi connectivity index (χ2n) is 6.21. The molecule has 2 aromatic carbocycles. The molecule has 1 atom stereocenters. The van der Waals surface area contributed by atoms with Crippen molar-refractivity contribution in [2.24, 2.45) is 4.99 Å². The summed E-state index contributed by atoms with van der Waals surface area (Å²) in [6.45, 7) is 2.70. The van der Waals surface area contributed by atoms with Crippen molar-refractivity contribution in [2.45, 2.75) is 19.5 Å². The number of aliphatic imine (C=N–C) groups is 1. The monoisotopic (exact) mass is 372 g/mol. The van der Waals surface area contributed by atoms with E-state index >= 15 is 0 Å². The van der Waals surface area contributed by atoms with Crippen LogP contribution in [0.15, 0.2) is 59.6 Å². The lowest BCUT2D eigenvalue weighted by atomic mass is 10.1. The number of hydrogen-bond donors (Lipinski definition) is 2. The number of guanidine groups is 1. The van der Waals surface area contributed by atoms with Crippen LogP contribution in [0, 0.1) is 0 Å². The summed E-state index contributed by atoms with van der Waals surface area (Å²) < 4.78 is 0. The van der Waals surface area contributed by atoms with Crippen molar-refractivity contribution < 1.29 is 4.79 Å². The zero-order valence-corrected chi connectivity index (χ0v) is 16.1. The highest BCUT2D eigenvalue weighted by atomic mass is 35.5. The first kappa shape index (κ1) is 19.8. The van der Waals surface area contributed by atoms with Crippen molar-refractivity contribution in [2.75, 3.05) is 20.6 Å². The molecule has 0 radical (unpaired) electrons. The zero-order chi connectivity index (χ0) is 18.9. The molecule has 0 spiro atoms. The van der Waals surface area contributed by atoms with Crippen LogP contribution in [-0.2, 0) is 11.3 Å². The van der Waals surface area contributed by atoms with Crippen LogP contribution in [0.25, 0.3) is 0 Å². The molecule has 0 aliphatic rings. The lowest BCUT2D eigenvalue weighted by Gasteiger charge is -2.19. The van der Waals surface area contributed by atoms with E-state index in [1.54, 1.807) is 19.0 Å². The summed E-state index contributed by atoms with van der Waals surface area (Å²) in [5.41, 5.74) is 2.15. The predicted octanol–water partition coefficient (Wildman–Crippen LogP) is 3.22. The van der Waals surface area contributed by atoms with E-state index in [-0.39, 0.29) is 18.5 Å². The number of nitrogens with zero attached hydrogens (tertiary/aromatic N) is 2. The molecule has 6 heteroatoms. The maximum atomic E-state index is 11.9. The number of nitrogens with one attached hydrogen (secondary N) is 2. The number of amides is 1. The van der Waals surface area contributed by atoms with Crippen LogP contribution in [0.3, 0.4) is 0 Å². The summed E-state index contributed by atoms with van der Waals surface area (Å²) in [6.07, 6.45) is 0. The van der Waals surface area contributed by atoms with Crippen LogP contribution in [0.2, 0.25) is 5.02 Å². The molecular weight excluding hydrogens is 348 g/mol. The normalized spacial score (nSPS) is 12.4. The minimum Gasteiger partial charge on any atom is -0.350 e. The Balaban J connectivity index is 2.09. The predicted molar refractivity (Wildman–Crippen MR) is 107 cm³/mol. The van der Waals surface area contributed by atoms with E-state index in [4.69, 9.17) is 11.6 Å². The quantitative estimate of drug-likeness (QED) is 0.604. The summed E-state index contributed by atoms with van der Waals surface area (Å²) in [6, 6.07) is 17.7. The average Bonchev–Trinajstić information content (AvgIpc) is 2.64. The fraction of sp³-hybridized carbons (Fsp3) is 0.300. The number of hydrogen-bond acceptors (Lipinski definition) is 2. The molecule has 2 rings (SSSR count). The lowest BCUT2D eigenvalue weighted by Crippen LogP contribution is -2.43. The third kappa shape index (κ3) is 6.41. The first-order chi connectivity index (χ1) is 12.5. The molecule has 0 saturated carbocycles. The number of rotatable bonds is 6. The second kappa shape index (κ2) is 9.82. The van der Waals surface area contributed by atoms with Gasteiger partial charge in [-0.2, -0.15) is 0 Å². The van der Waals surface area contributed by atoms with Crippen molar-refractivity contribution in [3.05, 3.63) is 70.7 Å². The van der Waals surface area contributed by atoms with Gasteiger partial charge < -0.3 is 15.5 Å².